The minimum Gasteiger partial charge on any atom is -0.313 e. The van der Waals surface area contributed by atoms with Gasteiger partial charge >= 0.3 is 6.03 Å². The number of nitrogens with zero attached hydrogens (tertiary/aromatic N) is 3. The van der Waals surface area contributed by atoms with Crippen molar-refractivity contribution < 1.29 is 14.0 Å². The lowest BCUT2D eigenvalue weighted by molar-refractivity contribution is -0.116. The third kappa shape index (κ3) is 3.58. The van der Waals surface area contributed by atoms with E-state index in [1.54, 1.807) is 36.4 Å². The van der Waals surface area contributed by atoms with Gasteiger partial charge in [-0.05, 0) is 30.3 Å². The summed E-state index contributed by atoms with van der Waals surface area (Å²) < 4.78 is 14.8. The van der Waals surface area contributed by atoms with Crippen LogP contribution in [-0.2, 0) is 4.79 Å². The summed E-state index contributed by atoms with van der Waals surface area (Å²) in [5.41, 5.74) is 0.955. The molecule has 0 spiro atoms. The van der Waals surface area contributed by atoms with Crippen LogP contribution in [0.1, 0.15) is 0 Å². The third-order valence-electron chi connectivity index (χ3n) is 4.17. The molecule has 0 atom stereocenters. The number of carbonyl (C=O) groups is 2. The first-order valence-corrected chi connectivity index (χ1v) is 9.37. The fraction of sp³-hybridized carbons (Fsp3) is 0.167. The SMILES string of the molecule is O=C(CN1CCN(c2ccccc2F)C1=O)Nc1nc2ccc(Cl)cc2s1. The van der Waals surface area contributed by atoms with E-state index in [0.29, 0.717) is 23.2 Å². The highest BCUT2D eigenvalue weighted by Gasteiger charge is 2.32. The lowest BCUT2D eigenvalue weighted by atomic mass is 10.3. The predicted octanol–water partition coefficient (Wildman–Crippen LogP) is 3.97. The predicted molar refractivity (Wildman–Crippen MR) is 104 cm³/mol. The minimum absolute atomic E-state index is 0.125. The molecule has 0 unspecified atom stereocenters. The number of hydrogen-bond acceptors (Lipinski definition) is 4. The van der Waals surface area contributed by atoms with Gasteiger partial charge in [0.1, 0.15) is 12.4 Å². The average molecular weight is 405 g/mol. The number of nitrogens with one attached hydrogen (secondary N) is 1. The molecule has 1 aliphatic heterocycles. The maximum Gasteiger partial charge on any atom is 0.325 e. The second kappa shape index (κ2) is 7.13. The van der Waals surface area contributed by atoms with E-state index in [-0.39, 0.29) is 18.1 Å². The number of thiazole rings is 1. The van der Waals surface area contributed by atoms with Gasteiger partial charge in [-0.3, -0.25) is 9.69 Å². The first kappa shape index (κ1) is 17.7. The Morgan fingerprint density at radius 2 is 2.07 bits per heavy atom. The fourth-order valence-electron chi connectivity index (χ4n) is 2.91. The van der Waals surface area contributed by atoms with E-state index in [9.17, 15) is 14.0 Å². The first-order valence-electron chi connectivity index (χ1n) is 8.18. The summed E-state index contributed by atoms with van der Waals surface area (Å²) in [6.45, 7) is 0.545. The van der Waals surface area contributed by atoms with Crippen LogP contribution in [0.4, 0.5) is 20.0 Å². The van der Waals surface area contributed by atoms with Crippen molar-refractivity contribution in [3.8, 4) is 0 Å². The number of amides is 3. The van der Waals surface area contributed by atoms with Gasteiger partial charge in [-0.15, -0.1) is 0 Å². The van der Waals surface area contributed by atoms with Gasteiger partial charge in [0, 0.05) is 18.1 Å². The number of para-hydroxylation sites is 1. The number of anilines is 2. The Kier molecular flexibility index (Phi) is 4.67. The molecule has 0 aliphatic carbocycles. The van der Waals surface area contributed by atoms with Crippen LogP contribution in [0.3, 0.4) is 0 Å². The highest BCUT2D eigenvalue weighted by atomic mass is 35.5. The molecular formula is C18H14ClFN4O2S. The molecular weight excluding hydrogens is 391 g/mol. The zero-order valence-electron chi connectivity index (χ0n) is 14.0. The molecule has 1 aliphatic rings. The van der Waals surface area contributed by atoms with E-state index in [1.807, 2.05) is 0 Å². The summed E-state index contributed by atoms with van der Waals surface area (Å²) in [4.78, 5) is 31.9. The summed E-state index contributed by atoms with van der Waals surface area (Å²) in [7, 11) is 0. The number of urea groups is 1. The van der Waals surface area contributed by atoms with Gasteiger partial charge in [-0.25, -0.2) is 14.2 Å². The maximum atomic E-state index is 13.9. The van der Waals surface area contributed by atoms with Crippen LogP contribution in [0.5, 0.6) is 0 Å². The quantitative estimate of drug-likeness (QED) is 0.715. The number of fused-ring (bicyclic) bond motifs is 1. The molecule has 1 saturated heterocycles. The topological polar surface area (TPSA) is 65.5 Å². The number of aromatic nitrogens is 1. The monoisotopic (exact) mass is 404 g/mol. The summed E-state index contributed by atoms with van der Waals surface area (Å²) in [5.74, 6) is -0.825. The molecule has 6 nitrogen and oxygen atoms in total. The van der Waals surface area contributed by atoms with Gasteiger partial charge in [-0.1, -0.05) is 35.1 Å². The standard InChI is InChI=1S/C18H14ClFN4O2S/c19-11-5-6-13-15(9-11)27-17(21-13)22-16(25)10-23-7-8-24(18(23)26)14-4-2-1-3-12(14)20/h1-6,9H,7-8,10H2,(H,21,22,25). The van der Waals surface area contributed by atoms with Gasteiger partial charge in [0.25, 0.3) is 0 Å². The fourth-order valence-corrected chi connectivity index (χ4v) is 4.07. The van der Waals surface area contributed by atoms with Crippen molar-refractivity contribution in [1.29, 1.82) is 0 Å². The molecule has 138 valence electrons. The van der Waals surface area contributed by atoms with Crippen LogP contribution in [0, 0.1) is 5.82 Å². The number of hydrogen-bond donors (Lipinski definition) is 1. The highest BCUT2D eigenvalue weighted by molar-refractivity contribution is 7.22. The lowest BCUT2D eigenvalue weighted by Gasteiger charge is -2.18. The molecule has 2 heterocycles. The van der Waals surface area contributed by atoms with Crippen LogP contribution in [-0.4, -0.2) is 41.5 Å². The number of benzene rings is 2. The van der Waals surface area contributed by atoms with Gasteiger partial charge in [0.15, 0.2) is 5.13 Å². The van der Waals surface area contributed by atoms with Crippen molar-refractivity contribution in [2.24, 2.45) is 0 Å². The molecule has 1 N–H and O–H groups in total. The van der Waals surface area contributed by atoms with Crippen molar-refractivity contribution in [1.82, 2.24) is 9.88 Å². The Bertz CT molecular complexity index is 1040. The Morgan fingerprint density at radius 3 is 2.89 bits per heavy atom. The number of rotatable bonds is 4. The van der Waals surface area contributed by atoms with Gasteiger partial charge in [0.2, 0.25) is 5.91 Å². The largest absolute Gasteiger partial charge is 0.325 e. The molecule has 0 saturated carbocycles. The molecule has 0 radical (unpaired) electrons. The van der Waals surface area contributed by atoms with Crippen molar-refractivity contribution in [3.63, 3.8) is 0 Å². The Balaban J connectivity index is 1.42. The minimum atomic E-state index is -0.467. The van der Waals surface area contributed by atoms with Crippen molar-refractivity contribution in [3.05, 3.63) is 53.3 Å². The van der Waals surface area contributed by atoms with E-state index in [4.69, 9.17) is 11.6 Å². The Labute approximate surface area is 163 Å². The smallest absolute Gasteiger partial charge is 0.313 e. The summed E-state index contributed by atoms with van der Waals surface area (Å²) >= 11 is 7.26. The second-order valence-electron chi connectivity index (χ2n) is 5.99. The van der Waals surface area contributed by atoms with E-state index < -0.39 is 11.8 Å². The molecule has 2 aromatic carbocycles. The normalized spacial score (nSPS) is 14.2. The van der Waals surface area contributed by atoms with Crippen LogP contribution < -0.4 is 10.2 Å². The van der Waals surface area contributed by atoms with Crippen molar-refractivity contribution in [2.75, 3.05) is 29.9 Å². The molecule has 1 aromatic heterocycles. The van der Waals surface area contributed by atoms with Crippen LogP contribution in [0.15, 0.2) is 42.5 Å². The molecule has 4 rings (SSSR count). The zero-order chi connectivity index (χ0) is 19.0. The van der Waals surface area contributed by atoms with Gasteiger partial charge in [-0.2, -0.15) is 0 Å². The van der Waals surface area contributed by atoms with Gasteiger partial charge in [0.05, 0.1) is 15.9 Å². The van der Waals surface area contributed by atoms with Crippen LogP contribution in [0.25, 0.3) is 10.2 Å². The van der Waals surface area contributed by atoms with Crippen LogP contribution >= 0.6 is 22.9 Å². The lowest BCUT2D eigenvalue weighted by Crippen LogP contribution is -2.37. The van der Waals surface area contributed by atoms with Crippen molar-refractivity contribution in [2.45, 2.75) is 0 Å². The van der Waals surface area contributed by atoms with Gasteiger partial charge < -0.3 is 10.2 Å². The van der Waals surface area contributed by atoms with E-state index in [0.717, 1.165) is 10.2 Å². The van der Waals surface area contributed by atoms with Crippen LogP contribution in [0.2, 0.25) is 5.02 Å². The zero-order valence-corrected chi connectivity index (χ0v) is 15.6. The molecule has 0 bridgehead atoms. The van der Waals surface area contributed by atoms with E-state index in [2.05, 4.69) is 10.3 Å². The van der Waals surface area contributed by atoms with Crippen molar-refractivity contribution >= 4 is 55.9 Å². The summed E-state index contributed by atoms with van der Waals surface area (Å²) in [6, 6.07) is 11.0. The molecule has 27 heavy (non-hydrogen) atoms. The number of halogens is 2. The molecule has 3 amide bonds. The third-order valence-corrected chi connectivity index (χ3v) is 5.34. The molecule has 3 aromatic rings. The molecule has 1 fully saturated rings. The number of carbonyl (C=O) groups excluding carboxylic acids is 2. The molecule has 9 heteroatoms. The highest BCUT2D eigenvalue weighted by Crippen LogP contribution is 2.28. The summed E-state index contributed by atoms with van der Waals surface area (Å²) in [6.07, 6.45) is 0. The maximum absolute atomic E-state index is 13.9. The summed E-state index contributed by atoms with van der Waals surface area (Å²) in [5, 5.41) is 3.74. The first-order chi connectivity index (χ1) is 13.0. The Hall–Kier alpha value is -2.71. The average Bonchev–Trinajstić information content (AvgIpc) is 3.18. The van der Waals surface area contributed by atoms with E-state index in [1.165, 1.54) is 27.2 Å². The second-order valence-corrected chi connectivity index (χ2v) is 7.45. The van der Waals surface area contributed by atoms with E-state index >= 15 is 0 Å². The Morgan fingerprint density at radius 1 is 1.26 bits per heavy atom.